The summed E-state index contributed by atoms with van der Waals surface area (Å²) in [5.41, 5.74) is 4.08. The van der Waals surface area contributed by atoms with Gasteiger partial charge in [-0.15, -0.1) is 0 Å². The number of rotatable bonds is 0. The van der Waals surface area contributed by atoms with E-state index in [0.29, 0.717) is 10.9 Å². The van der Waals surface area contributed by atoms with Gasteiger partial charge < -0.3 is 0 Å². The molecule has 2 aliphatic rings. The molecule has 0 bridgehead atoms. The lowest BCUT2D eigenvalue weighted by Crippen LogP contribution is -2.12. The Morgan fingerprint density at radius 2 is 1.68 bits per heavy atom. The fourth-order valence-electron chi connectivity index (χ4n) is 3.14. The molecule has 3 aromatic rings. The molecule has 0 saturated heterocycles. The van der Waals surface area contributed by atoms with E-state index in [9.17, 15) is 4.79 Å². The molecule has 0 spiro atoms. The molecule has 3 heterocycles. The molecule has 22 heavy (non-hydrogen) atoms. The van der Waals surface area contributed by atoms with Crippen molar-refractivity contribution in [2.24, 2.45) is 0 Å². The van der Waals surface area contributed by atoms with Crippen molar-refractivity contribution >= 4 is 27.3 Å². The highest BCUT2D eigenvalue weighted by Gasteiger charge is 2.17. The Bertz CT molecular complexity index is 1200. The molecule has 0 fully saturated rings. The van der Waals surface area contributed by atoms with Crippen molar-refractivity contribution < 1.29 is 0 Å². The van der Waals surface area contributed by atoms with Crippen molar-refractivity contribution in [1.82, 2.24) is 14.6 Å². The van der Waals surface area contributed by atoms with Crippen LogP contribution in [0.25, 0.3) is 38.6 Å². The molecule has 1 N–H and O–H groups in total. The lowest BCUT2D eigenvalue weighted by molar-refractivity contribution is 0.950. The Hall–Kier alpha value is -3.14. The minimum atomic E-state index is 0.00255. The highest BCUT2D eigenvalue weighted by molar-refractivity contribution is 6.02. The topological polar surface area (TPSA) is 50.2 Å². The van der Waals surface area contributed by atoms with Crippen molar-refractivity contribution in [3.8, 4) is 11.3 Å². The highest BCUT2D eigenvalue weighted by Crippen LogP contribution is 2.32. The second-order valence-corrected chi connectivity index (χ2v) is 5.41. The number of benzene rings is 2. The molecular weight excluding hydrogens is 274 g/mol. The van der Waals surface area contributed by atoms with Crippen LogP contribution in [0.5, 0.6) is 0 Å². The summed E-state index contributed by atoms with van der Waals surface area (Å²) in [6, 6.07) is 17.5. The predicted molar refractivity (Wildman–Crippen MR) is 87.4 cm³/mol. The minimum Gasteiger partial charge on any atom is -0.293 e. The zero-order valence-corrected chi connectivity index (χ0v) is 11.6. The number of aromatic nitrogens is 3. The van der Waals surface area contributed by atoms with E-state index in [2.05, 4.69) is 10.1 Å². The van der Waals surface area contributed by atoms with Gasteiger partial charge in [0.25, 0.3) is 0 Å². The van der Waals surface area contributed by atoms with Crippen molar-refractivity contribution in [3.05, 3.63) is 71.0 Å². The van der Waals surface area contributed by atoms with E-state index in [4.69, 9.17) is 0 Å². The van der Waals surface area contributed by atoms with Gasteiger partial charge in [-0.2, -0.15) is 0 Å². The second kappa shape index (κ2) is 3.95. The highest BCUT2D eigenvalue weighted by atomic mass is 16.1. The van der Waals surface area contributed by atoms with Gasteiger partial charge in [0.2, 0.25) is 5.43 Å². The number of para-hydroxylation sites is 2. The Kier molecular flexibility index (Phi) is 2.07. The van der Waals surface area contributed by atoms with Gasteiger partial charge in [0.15, 0.2) is 0 Å². The number of nitrogens with one attached hydrogen (secondary N) is 1. The van der Waals surface area contributed by atoms with Crippen LogP contribution < -0.4 is 5.43 Å². The SMILES string of the molecule is O=c1c2ccccc2[nH]n2ccc3c4ccccc4nc-3c12. The van der Waals surface area contributed by atoms with Crippen LogP contribution in [0.2, 0.25) is 0 Å². The van der Waals surface area contributed by atoms with Gasteiger partial charge in [-0.05, 0) is 24.3 Å². The zero-order valence-electron chi connectivity index (χ0n) is 11.6. The van der Waals surface area contributed by atoms with E-state index in [0.717, 1.165) is 27.7 Å². The number of H-pyrrole nitrogens is 1. The monoisotopic (exact) mass is 285 g/mol. The molecule has 0 atom stereocenters. The number of nitrogens with zero attached hydrogens (tertiary/aromatic N) is 2. The largest absolute Gasteiger partial charge is 0.293 e. The minimum absolute atomic E-state index is 0.00255. The molecule has 2 aromatic carbocycles. The average molecular weight is 285 g/mol. The second-order valence-electron chi connectivity index (χ2n) is 5.41. The standard InChI is InChI=1S/C18H11N3O/c22-18-13-6-2-4-8-15(13)20-21-10-9-12-11-5-1-3-7-14(11)19-16(12)17(18)21/h1-10,20H. The fraction of sp³-hybridized carbons (Fsp3) is 0. The van der Waals surface area contributed by atoms with Gasteiger partial charge >= 0.3 is 0 Å². The van der Waals surface area contributed by atoms with E-state index in [1.54, 1.807) is 4.52 Å². The summed E-state index contributed by atoms with van der Waals surface area (Å²) in [6.45, 7) is 0. The molecule has 0 unspecified atom stereocenters. The molecule has 104 valence electrons. The van der Waals surface area contributed by atoms with Crippen molar-refractivity contribution in [2.45, 2.75) is 0 Å². The van der Waals surface area contributed by atoms with Crippen LogP contribution in [0.3, 0.4) is 0 Å². The molecule has 2 aliphatic heterocycles. The maximum Gasteiger partial charge on any atom is 0.215 e. The van der Waals surface area contributed by atoms with E-state index < -0.39 is 0 Å². The lowest BCUT2D eigenvalue weighted by atomic mass is 10.1. The molecule has 5 rings (SSSR count). The molecule has 4 heteroatoms. The van der Waals surface area contributed by atoms with Gasteiger partial charge in [0.05, 0.1) is 11.0 Å². The van der Waals surface area contributed by atoms with Crippen LogP contribution >= 0.6 is 0 Å². The molecule has 0 aliphatic carbocycles. The summed E-state index contributed by atoms with van der Waals surface area (Å²) >= 11 is 0. The summed E-state index contributed by atoms with van der Waals surface area (Å²) in [7, 11) is 0. The van der Waals surface area contributed by atoms with E-state index >= 15 is 0 Å². The van der Waals surface area contributed by atoms with Crippen LogP contribution in [0.15, 0.2) is 65.6 Å². The van der Waals surface area contributed by atoms with Crippen LogP contribution in [0.4, 0.5) is 0 Å². The Balaban J connectivity index is 2.08. The zero-order chi connectivity index (χ0) is 14.7. The van der Waals surface area contributed by atoms with Crippen LogP contribution in [-0.4, -0.2) is 14.6 Å². The number of hydrogen-bond acceptors (Lipinski definition) is 2. The maximum absolute atomic E-state index is 12.9. The normalized spacial score (nSPS) is 11.8. The molecule has 0 radical (unpaired) electrons. The Morgan fingerprint density at radius 3 is 2.59 bits per heavy atom. The summed E-state index contributed by atoms with van der Waals surface area (Å²) in [6.07, 6.45) is 1.89. The first-order valence-corrected chi connectivity index (χ1v) is 7.13. The third-order valence-corrected chi connectivity index (χ3v) is 4.16. The molecular formula is C18H11N3O. The summed E-state index contributed by atoms with van der Waals surface area (Å²) in [5, 5.41) is 5.02. The van der Waals surface area contributed by atoms with Crippen LogP contribution in [0, 0.1) is 0 Å². The van der Waals surface area contributed by atoms with Crippen molar-refractivity contribution in [1.29, 1.82) is 0 Å². The maximum atomic E-state index is 12.9. The average Bonchev–Trinajstić information content (AvgIpc) is 2.93. The van der Waals surface area contributed by atoms with Crippen LogP contribution in [-0.2, 0) is 0 Å². The molecule has 1 aromatic heterocycles. The first-order chi connectivity index (χ1) is 10.8. The smallest absolute Gasteiger partial charge is 0.215 e. The van der Waals surface area contributed by atoms with Gasteiger partial charge in [0.1, 0.15) is 11.2 Å². The summed E-state index contributed by atoms with van der Waals surface area (Å²) in [5.74, 6) is 0. The van der Waals surface area contributed by atoms with Crippen molar-refractivity contribution in [3.63, 3.8) is 0 Å². The number of fused-ring (bicyclic) bond motifs is 6. The number of pyridine rings is 1. The molecule has 0 amide bonds. The first-order valence-electron chi connectivity index (χ1n) is 7.13. The van der Waals surface area contributed by atoms with Gasteiger partial charge in [0, 0.05) is 22.5 Å². The quantitative estimate of drug-likeness (QED) is 0.443. The van der Waals surface area contributed by atoms with E-state index in [1.165, 1.54) is 0 Å². The predicted octanol–water partition coefficient (Wildman–Crippen LogP) is 3.43. The van der Waals surface area contributed by atoms with Gasteiger partial charge in [-0.1, -0.05) is 30.3 Å². The fourth-order valence-corrected chi connectivity index (χ4v) is 3.14. The first kappa shape index (κ1) is 11.5. The summed E-state index contributed by atoms with van der Waals surface area (Å²) in [4.78, 5) is 17.6. The van der Waals surface area contributed by atoms with E-state index in [1.807, 2.05) is 60.8 Å². The van der Waals surface area contributed by atoms with Crippen LogP contribution in [0.1, 0.15) is 0 Å². The number of aromatic amines is 1. The molecule has 4 nitrogen and oxygen atoms in total. The van der Waals surface area contributed by atoms with E-state index in [-0.39, 0.29) is 5.43 Å². The van der Waals surface area contributed by atoms with Crippen molar-refractivity contribution in [2.75, 3.05) is 0 Å². The lowest BCUT2D eigenvalue weighted by Gasteiger charge is -2.08. The third kappa shape index (κ3) is 1.36. The Morgan fingerprint density at radius 1 is 0.909 bits per heavy atom. The number of hydrogen-bond donors (Lipinski definition) is 1. The van der Waals surface area contributed by atoms with Gasteiger partial charge in [-0.3, -0.25) is 14.4 Å². The van der Waals surface area contributed by atoms with Gasteiger partial charge in [-0.25, -0.2) is 4.98 Å². The molecule has 0 saturated carbocycles. The third-order valence-electron chi connectivity index (χ3n) is 4.16. The summed E-state index contributed by atoms with van der Waals surface area (Å²) < 4.78 is 1.76. The Labute approximate surface area is 125 Å².